The summed E-state index contributed by atoms with van der Waals surface area (Å²) < 4.78 is 12.9. The summed E-state index contributed by atoms with van der Waals surface area (Å²) in [4.78, 5) is 9.28. The second-order valence-electron chi connectivity index (χ2n) is 7.33. The van der Waals surface area contributed by atoms with E-state index in [0.29, 0.717) is 6.79 Å². The highest BCUT2D eigenvalue weighted by Crippen LogP contribution is 2.32. The van der Waals surface area contributed by atoms with E-state index in [0.717, 1.165) is 76.1 Å². The predicted octanol–water partition coefficient (Wildman–Crippen LogP) is 1.18. The summed E-state index contributed by atoms with van der Waals surface area (Å²) in [5.74, 6) is 2.70. The average molecular weight is 399 g/mol. The third-order valence-electron chi connectivity index (χ3n) is 5.32. The average Bonchev–Trinajstić information content (AvgIpc) is 3.43. The van der Waals surface area contributed by atoms with Crippen LogP contribution in [0.2, 0.25) is 0 Å². The first kappa shape index (κ1) is 19.5. The minimum Gasteiger partial charge on any atom is -0.454 e. The Balaban J connectivity index is 1.17. The normalized spacial score (nSPS) is 17.0. The maximum absolute atomic E-state index is 5.49. The van der Waals surface area contributed by atoms with Gasteiger partial charge in [0, 0.05) is 52.9 Å². The molecule has 156 valence electrons. The van der Waals surface area contributed by atoms with E-state index in [1.807, 2.05) is 17.7 Å². The van der Waals surface area contributed by atoms with Gasteiger partial charge >= 0.3 is 0 Å². The quantitative estimate of drug-likeness (QED) is 0.425. The molecule has 2 aliphatic rings. The van der Waals surface area contributed by atoms with Crippen molar-refractivity contribution in [2.75, 3.05) is 46.6 Å². The zero-order valence-corrected chi connectivity index (χ0v) is 17.0. The Bertz CT molecular complexity index is 801. The molecule has 4 rings (SSSR count). The molecule has 9 nitrogen and oxygen atoms in total. The van der Waals surface area contributed by atoms with Crippen molar-refractivity contribution in [1.29, 1.82) is 0 Å². The lowest BCUT2D eigenvalue weighted by molar-refractivity contribution is 0.171. The lowest BCUT2D eigenvalue weighted by Crippen LogP contribution is -2.52. The molecule has 1 aromatic carbocycles. The topological polar surface area (TPSA) is 80.0 Å². The highest BCUT2D eigenvalue weighted by Gasteiger charge is 2.20. The van der Waals surface area contributed by atoms with Gasteiger partial charge in [0.2, 0.25) is 6.79 Å². The number of aryl methyl sites for hydroxylation is 1. The van der Waals surface area contributed by atoms with Crippen LogP contribution in [-0.2, 0) is 13.1 Å². The van der Waals surface area contributed by atoms with Crippen LogP contribution in [0.1, 0.15) is 18.4 Å². The van der Waals surface area contributed by atoms with Gasteiger partial charge in [0.1, 0.15) is 12.7 Å². The standard InChI is InChI=1S/C20H29N7O2/c1-21-20(22-6-2-3-7-26-14-23-24-15-26)27-10-8-25(9-11-27)13-17-4-5-18-19(12-17)29-16-28-18/h4-5,12,14-15H,2-3,6-11,13,16H2,1H3,(H,21,22). The van der Waals surface area contributed by atoms with Gasteiger partial charge in [0.05, 0.1) is 0 Å². The first-order valence-electron chi connectivity index (χ1n) is 10.2. The molecule has 3 heterocycles. The maximum Gasteiger partial charge on any atom is 0.231 e. The lowest BCUT2D eigenvalue weighted by Gasteiger charge is -2.36. The Morgan fingerprint density at radius 3 is 2.66 bits per heavy atom. The summed E-state index contributed by atoms with van der Waals surface area (Å²) in [6, 6.07) is 6.22. The molecule has 0 saturated carbocycles. The molecule has 0 aliphatic carbocycles. The summed E-state index contributed by atoms with van der Waals surface area (Å²) in [5, 5.41) is 11.2. The number of fused-ring (bicyclic) bond motifs is 1. The number of hydrogen-bond acceptors (Lipinski definition) is 6. The fourth-order valence-corrected chi connectivity index (χ4v) is 3.70. The third kappa shape index (κ3) is 5.17. The first-order valence-corrected chi connectivity index (χ1v) is 10.2. The van der Waals surface area contributed by atoms with Crippen LogP contribution in [0.5, 0.6) is 11.5 Å². The van der Waals surface area contributed by atoms with Crippen molar-refractivity contribution in [3.63, 3.8) is 0 Å². The number of guanidine groups is 1. The Morgan fingerprint density at radius 1 is 1.07 bits per heavy atom. The molecule has 1 N–H and O–H groups in total. The maximum atomic E-state index is 5.49. The molecular weight excluding hydrogens is 370 g/mol. The van der Waals surface area contributed by atoms with Gasteiger partial charge < -0.3 is 24.3 Å². The molecule has 0 unspecified atom stereocenters. The molecule has 2 aromatic rings. The van der Waals surface area contributed by atoms with Crippen molar-refractivity contribution in [2.45, 2.75) is 25.9 Å². The Kier molecular flexibility index (Phi) is 6.45. The van der Waals surface area contributed by atoms with Crippen molar-refractivity contribution in [2.24, 2.45) is 4.99 Å². The van der Waals surface area contributed by atoms with E-state index in [4.69, 9.17) is 9.47 Å². The van der Waals surface area contributed by atoms with E-state index < -0.39 is 0 Å². The Hall–Kier alpha value is -2.81. The summed E-state index contributed by atoms with van der Waals surface area (Å²) in [5.41, 5.74) is 1.26. The van der Waals surface area contributed by atoms with Gasteiger partial charge in [0.25, 0.3) is 0 Å². The number of nitrogens with zero attached hydrogens (tertiary/aromatic N) is 6. The molecule has 1 fully saturated rings. The van der Waals surface area contributed by atoms with E-state index in [1.165, 1.54) is 5.56 Å². The SMILES string of the molecule is CN=C(NCCCCn1cnnc1)N1CCN(Cc2ccc3c(c2)OCO3)CC1. The summed E-state index contributed by atoms with van der Waals surface area (Å²) in [7, 11) is 1.86. The lowest BCUT2D eigenvalue weighted by atomic mass is 10.1. The molecule has 0 bridgehead atoms. The van der Waals surface area contributed by atoms with E-state index >= 15 is 0 Å². The number of hydrogen-bond donors (Lipinski definition) is 1. The van der Waals surface area contributed by atoms with Crippen molar-refractivity contribution < 1.29 is 9.47 Å². The number of aliphatic imine (C=N–C) groups is 1. The van der Waals surface area contributed by atoms with Gasteiger partial charge in [-0.2, -0.15) is 0 Å². The van der Waals surface area contributed by atoms with Crippen LogP contribution in [0.4, 0.5) is 0 Å². The summed E-state index contributed by atoms with van der Waals surface area (Å²) in [6.07, 6.45) is 5.69. The molecule has 1 saturated heterocycles. The molecule has 0 spiro atoms. The Labute approximate surface area is 171 Å². The summed E-state index contributed by atoms with van der Waals surface area (Å²) >= 11 is 0. The molecule has 0 amide bonds. The molecule has 2 aliphatic heterocycles. The van der Waals surface area contributed by atoms with Gasteiger partial charge in [0.15, 0.2) is 17.5 Å². The number of piperazine rings is 1. The largest absolute Gasteiger partial charge is 0.454 e. The number of unbranched alkanes of at least 4 members (excludes halogenated alkanes) is 1. The number of aromatic nitrogens is 3. The Morgan fingerprint density at radius 2 is 1.86 bits per heavy atom. The zero-order valence-electron chi connectivity index (χ0n) is 17.0. The summed E-state index contributed by atoms with van der Waals surface area (Å²) in [6.45, 7) is 7.11. The predicted molar refractivity (Wildman–Crippen MR) is 110 cm³/mol. The first-order chi connectivity index (χ1) is 14.3. The van der Waals surface area contributed by atoms with E-state index in [1.54, 1.807) is 12.7 Å². The van der Waals surface area contributed by atoms with E-state index in [-0.39, 0.29) is 0 Å². The van der Waals surface area contributed by atoms with Crippen molar-refractivity contribution in [1.82, 2.24) is 29.9 Å². The van der Waals surface area contributed by atoms with Gasteiger partial charge in [-0.25, -0.2) is 0 Å². The second kappa shape index (κ2) is 9.60. The highest BCUT2D eigenvalue weighted by molar-refractivity contribution is 5.79. The smallest absolute Gasteiger partial charge is 0.231 e. The van der Waals surface area contributed by atoms with Crippen molar-refractivity contribution in [3.8, 4) is 11.5 Å². The molecule has 1 aromatic heterocycles. The van der Waals surface area contributed by atoms with Crippen LogP contribution in [0.25, 0.3) is 0 Å². The molecule has 29 heavy (non-hydrogen) atoms. The van der Waals surface area contributed by atoms with Crippen molar-refractivity contribution >= 4 is 5.96 Å². The van der Waals surface area contributed by atoms with Gasteiger partial charge in [-0.05, 0) is 30.5 Å². The van der Waals surface area contributed by atoms with Crippen LogP contribution in [-0.4, -0.2) is 77.1 Å². The number of benzene rings is 1. The number of ether oxygens (including phenoxy) is 2. The van der Waals surface area contributed by atoms with E-state index in [9.17, 15) is 0 Å². The molecule has 9 heteroatoms. The monoisotopic (exact) mass is 399 g/mol. The van der Waals surface area contributed by atoms with Crippen molar-refractivity contribution in [3.05, 3.63) is 36.4 Å². The molecule has 0 atom stereocenters. The van der Waals surface area contributed by atoms with Gasteiger partial charge in [-0.3, -0.25) is 9.89 Å². The van der Waals surface area contributed by atoms with Gasteiger partial charge in [-0.1, -0.05) is 6.07 Å². The minimum atomic E-state index is 0.324. The van der Waals surface area contributed by atoms with Crippen LogP contribution in [0.15, 0.2) is 35.8 Å². The van der Waals surface area contributed by atoms with E-state index in [2.05, 4.69) is 42.4 Å². The third-order valence-corrected chi connectivity index (χ3v) is 5.32. The second-order valence-corrected chi connectivity index (χ2v) is 7.33. The van der Waals surface area contributed by atoms with Crippen LogP contribution in [0.3, 0.4) is 0 Å². The highest BCUT2D eigenvalue weighted by atomic mass is 16.7. The number of nitrogens with one attached hydrogen (secondary N) is 1. The zero-order chi connectivity index (χ0) is 19.9. The van der Waals surface area contributed by atoms with Crippen LogP contribution >= 0.6 is 0 Å². The van der Waals surface area contributed by atoms with Crippen LogP contribution in [0, 0.1) is 0 Å². The van der Waals surface area contributed by atoms with Crippen LogP contribution < -0.4 is 14.8 Å². The minimum absolute atomic E-state index is 0.324. The molecular formula is C20H29N7O2. The fraction of sp³-hybridized carbons (Fsp3) is 0.550. The molecule has 0 radical (unpaired) electrons. The fourth-order valence-electron chi connectivity index (χ4n) is 3.70. The number of rotatable bonds is 7. The van der Waals surface area contributed by atoms with Gasteiger partial charge in [-0.15, -0.1) is 10.2 Å².